The van der Waals surface area contributed by atoms with Crippen molar-refractivity contribution in [3.63, 3.8) is 0 Å². The lowest BCUT2D eigenvalue weighted by Crippen LogP contribution is -2.56. The van der Waals surface area contributed by atoms with E-state index in [1.54, 1.807) is 12.4 Å². The number of aliphatic imine (C=N–C) groups is 1. The summed E-state index contributed by atoms with van der Waals surface area (Å²) in [5.74, 6) is -3.06. The molecule has 11 heteroatoms. The van der Waals surface area contributed by atoms with Gasteiger partial charge in [0.1, 0.15) is 29.7 Å². The predicted octanol–water partition coefficient (Wildman–Crippen LogP) is 4.64. The first kappa shape index (κ1) is 28.9. The molecule has 224 valence electrons. The number of nitrogens with two attached hydrogens (primary N) is 1. The van der Waals surface area contributed by atoms with E-state index in [4.69, 9.17) is 10.7 Å². The van der Waals surface area contributed by atoms with Crippen molar-refractivity contribution in [2.45, 2.75) is 49.9 Å². The molecule has 0 spiro atoms. The number of anilines is 1. The number of benzene rings is 2. The topological polar surface area (TPSA) is 117 Å². The van der Waals surface area contributed by atoms with Crippen LogP contribution in [-0.4, -0.2) is 52.2 Å². The minimum absolute atomic E-state index is 0.0139. The van der Waals surface area contributed by atoms with Gasteiger partial charge in [-0.05, 0) is 36.8 Å². The minimum Gasteiger partial charge on any atom is -0.401 e. The second kappa shape index (κ2) is 11.8. The van der Waals surface area contributed by atoms with Crippen LogP contribution in [0.15, 0.2) is 89.3 Å². The van der Waals surface area contributed by atoms with E-state index >= 15 is 0 Å². The zero-order chi connectivity index (χ0) is 30.1. The summed E-state index contributed by atoms with van der Waals surface area (Å²) in [5.41, 5.74) is 8.53. The quantitative estimate of drug-likeness (QED) is 0.385. The maximum absolute atomic E-state index is 14.6. The lowest BCUT2D eigenvalue weighted by atomic mass is 9.81. The molecule has 2 aliphatic heterocycles. The number of allylic oxidation sites excluding steroid dienone is 1. The fraction of sp³-hybridized carbons (Fsp3) is 0.375. The Balaban J connectivity index is 1.36. The molecule has 3 fully saturated rings. The third kappa shape index (κ3) is 6.13. The number of halogens is 3. The van der Waals surface area contributed by atoms with E-state index in [0.717, 1.165) is 35.5 Å². The summed E-state index contributed by atoms with van der Waals surface area (Å²) in [7, 11) is 0. The van der Waals surface area contributed by atoms with Crippen molar-refractivity contribution < 1.29 is 23.1 Å². The number of aromatic nitrogens is 2. The van der Waals surface area contributed by atoms with Gasteiger partial charge in [-0.1, -0.05) is 60.7 Å². The molecule has 2 atom stereocenters. The maximum Gasteiger partial charge on any atom is 0.398 e. The average Bonchev–Trinajstić information content (AvgIpc) is 3.87. The summed E-state index contributed by atoms with van der Waals surface area (Å²) in [5, 5.41) is 13.0. The molecule has 1 amide bonds. The van der Waals surface area contributed by atoms with Crippen molar-refractivity contribution in [2.24, 2.45) is 22.6 Å². The van der Waals surface area contributed by atoms with Crippen LogP contribution in [0, 0.1) is 11.8 Å². The second-order valence-electron chi connectivity index (χ2n) is 11.4. The zero-order valence-electron chi connectivity index (χ0n) is 23.4. The van der Waals surface area contributed by atoms with E-state index in [9.17, 15) is 23.1 Å². The number of nitrogens with one attached hydrogen (secondary N) is 1. The molecule has 6 rings (SSSR count). The van der Waals surface area contributed by atoms with Crippen molar-refractivity contribution in [3.05, 3.63) is 101 Å². The summed E-state index contributed by atoms with van der Waals surface area (Å²) in [6.07, 6.45) is -0.521. The molecule has 3 aromatic rings. The largest absolute Gasteiger partial charge is 0.401 e. The highest BCUT2D eigenvalue weighted by Crippen LogP contribution is 2.42. The highest BCUT2D eigenvalue weighted by molar-refractivity contribution is 6.13. The Hall–Kier alpha value is -4.25. The molecular weight excluding hydrogens is 557 g/mol. The molecule has 1 aliphatic carbocycles. The van der Waals surface area contributed by atoms with Crippen LogP contribution >= 0.6 is 0 Å². The van der Waals surface area contributed by atoms with Gasteiger partial charge in [-0.3, -0.25) is 9.79 Å². The number of piperidine rings is 2. The first-order chi connectivity index (χ1) is 20.7. The van der Waals surface area contributed by atoms with Gasteiger partial charge in [-0.2, -0.15) is 13.2 Å². The van der Waals surface area contributed by atoms with E-state index < -0.39 is 36.1 Å². The summed E-state index contributed by atoms with van der Waals surface area (Å²) < 4.78 is 43.7. The number of carbonyl (C=O) groups is 1. The van der Waals surface area contributed by atoms with E-state index in [1.807, 2.05) is 60.7 Å². The molecule has 3 heterocycles. The second-order valence-corrected chi connectivity index (χ2v) is 11.4. The van der Waals surface area contributed by atoms with Crippen LogP contribution in [0.5, 0.6) is 0 Å². The van der Waals surface area contributed by atoms with E-state index in [0.29, 0.717) is 31.8 Å². The zero-order valence-corrected chi connectivity index (χ0v) is 23.4. The molecule has 0 bridgehead atoms. The van der Waals surface area contributed by atoms with Gasteiger partial charge in [0.15, 0.2) is 0 Å². The molecule has 0 unspecified atom stereocenters. The third-order valence-corrected chi connectivity index (χ3v) is 8.45. The Morgan fingerprint density at radius 1 is 0.953 bits per heavy atom. The number of amidine groups is 1. The van der Waals surface area contributed by atoms with E-state index in [2.05, 4.69) is 20.2 Å². The van der Waals surface area contributed by atoms with Crippen LogP contribution in [0.4, 0.5) is 18.9 Å². The fourth-order valence-corrected chi connectivity index (χ4v) is 5.93. The molecule has 4 N–H and O–H groups in total. The highest BCUT2D eigenvalue weighted by Gasteiger charge is 2.54. The van der Waals surface area contributed by atoms with Gasteiger partial charge >= 0.3 is 6.18 Å². The Kier molecular flexibility index (Phi) is 7.91. The maximum atomic E-state index is 14.6. The number of carbonyl (C=O) groups excluding carboxylic acids is 1. The fourth-order valence-electron chi connectivity index (χ4n) is 5.93. The van der Waals surface area contributed by atoms with Crippen LogP contribution in [0.1, 0.15) is 54.6 Å². The molecule has 0 radical (unpaired) electrons. The summed E-state index contributed by atoms with van der Waals surface area (Å²) in [6.45, 7) is 1.08. The number of aliphatic hydroxyl groups excluding tert-OH is 1. The summed E-state index contributed by atoms with van der Waals surface area (Å²) >= 11 is 0. The lowest BCUT2D eigenvalue weighted by Gasteiger charge is -2.38. The van der Waals surface area contributed by atoms with Crippen LogP contribution < -0.4 is 16.0 Å². The van der Waals surface area contributed by atoms with Crippen LogP contribution in [0.2, 0.25) is 0 Å². The number of alkyl halides is 3. The van der Waals surface area contributed by atoms with Crippen LogP contribution in [0.25, 0.3) is 0 Å². The third-order valence-electron chi connectivity index (χ3n) is 8.45. The highest BCUT2D eigenvalue weighted by atomic mass is 19.4. The van der Waals surface area contributed by atoms with Gasteiger partial charge in [0.05, 0.1) is 18.1 Å². The normalized spacial score (nSPS) is 23.9. The van der Waals surface area contributed by atoms with E-state index in [1.165, 1.54) is 0 Å². The number of nitrogens with zero attached hydrogens (tertiary/aromatic N) is 4. The Morgan fingerprint density at radius 2 is 1.51 bits per heavy atom. The van der Waals surface area contributed by atoms with Gasteiger partial charge in [-0.25, -0.2) is 9.97 Å². The van der Waals surface area contributed by atoms with Crippen molar-refractivity contribution >= 4 is 17.4 Å². The van der Waals surface area contributed by atoms with Crippen molar-refractivity contribution in [2.75, 3.05) is 18.0 Å². The van der Waals surface area contributed by atoms with Gasteiger partial charge in [0.2, 0.25) is 0 Å². The van der Waals surface area contributed by atoms with Crippen molar-refractivity contribution in [1.82, 2.24) is 15.3 Å². The van der Waals surface area contributed by atoms with Gasteiger partial charge < -0.3 is 21.1 Å². The van der Waals surface area contributed by atoms with Crippen LogP contribution in [0.3, 0.4) is 0 Å². The van der Waals surface area contributed by atoms with Crippen molar-refractivity contribution in [1.29, 1.82) is 0 Å². The summed E-state index contributed by atoms with van der Waals surface area (Å²) in [6, 6.07) is 17.5. The molecular formula is C32H33F3N6O2. The Bertz CT molecular complexity index is 1460. The molecule has 43 heavy (non-hydrogen) atoms. The first-order valence-corrected chi connectivity index (χ1v) is 14.5. The molecule has 2 saturated heterocycles. The molecule has 8 nitrogen and oxygen atoms in total. The molecule has 2 aromatic carbocycles. The standard InChI is InChI=1S/C32H33F3N6O2/c33-32(34,35)25-24(26(36)19-13-15-41(16-14-19)23-17-37-29(38-18-23)22-11-12-22)30(40-31(43)28(25)42)39-27(20-7-3-1-4-8-20)21-9-5-2-6-10-21/h1-10,17-19,22,25,27-28,42H,11-16,36H2,(H,39,40,43)/t25-,28-/m0/s1. The smallest absolute Gasteiger partial charge is 0.398 e. The molecule has 1 aromatic heterocycles. The van der Waals surface area contributed by atoms with Crippen molar-refractivity contribution in [3.8, 4) is 0 Å². The average molecular weight is 591 g/mol. The molecule has 1 saturated carbocycles. The number of aliphatic hydroxyl groups is 1. The summed E-state index contributed by atoms with van der Waals surface area (Å²) in [4.78, 5) is 28.5. The van der Waals surface area contributed by atoms with E-state index in [-0.39, 0.29) is 17.1 Å². The monoisotopic (exact) mass is 590 g/mol. The SMILES string of the molecule is NC(=C1C(=NC(c2ccccc2)c2ccccc2)NC(=O)[C@@H](O)[C@H]1C(F)(F)F)C1CCN(c2cnc(C3CC3)nc2)CC1. The number of hydrogen-bond acceptors (Lipinski definition) is 7. The van der Waals surface area contributed by atoms with Crippen LogP contribution in [-0.2, 0) is 4.79 Å². The first-order valence-electron chi connectivity index (χ1n) is 14.5. The Labute approximate surface area is 247 Å². The number of rotatable bonds is 6. The van der Waals surface area contributed by atoms with Gasteiger partial charge in [-0.15, -0.1) is 0 Å². The predicted molar refractivity (Wildman–Crippen MR) is 156 cm³/mol. The number of amides is 1. The Morgan fingerprint density at radius 3 is 2.02 bits per heavy atom. The van der Waals surface area contributed by atoms with Gasteiger partial charge in [0.25, 0.3) is 5.91 Å². The minimum atomic E-state index is -4.94. The molecule has 3 aliphatic rings. The number of hydrogen-bond donors (Lipinski definition) is 3. The lowest BCUT2D eigenvalue weighted by molar-refractivity contribution is -0.191. The van der Waals surface area contributed by atoms with Gasteiger partial charge in [0, 0.05) is 36.2 Å².